The second kappa shape index (κ2) is 4.06. The molecular weight excluding hydrogens is 146 g/mol. The van der Waals surface area contributed by atoms with Crippen LogP contribution in [0.3, 0.4) is 0 Å². The first-order valence-electron chi connectivity index (χ1n) is 2.90. The summed E-state index contributed by atoms with van der Waals surface area (Å²) in [6, 6.07) is 3.79. The van der Waals surface area contributed by atoms with Gasteiger partial charge in [0.15, 0.2) is 0 Å². The summed E-state index contributed by atoms with van der Waals surface area (Å²) in [4.78, 5) is 14.9. The first-order chi connectivity index (χ1) is 4.93. The molecule has 1 rings (SSSR count). The molecule has 2 nitrogen and oxygen atoms in total. The van der Waals surface area contributed by atoms with Crippen LogP contribution in [0.5, 0.6) is 0 Å². The average Bonchev–Trinajstić information content (AvgIpc) is 2.03. The number of aldehydes is 1. The zero-order valence-electron chi connectivity index (χ0n) is 5.36. The quantitative estimate of drug-likeness (QED) is 0.485. The fourth-order valence-electron chi connectivity index (χ4n) is 0.563. The van der Waals surface area contributed by atoms with Crippen molar-refractivity contribution in [1.82, 2.24) is 4.98 Å². The van der Waals surface area contributed by atoms with Crippen molar-refractivity contribution in [2.45, 2.75) is 4.90 Å². The predicted molar refractivity (Wildman–Crippen MR) is 41.0 cm³/mol. The fraction of sp³-hybridized carbons (Fsp3) is 0.143. The smallest absolute Gasteiger partial charge is 0.130 e. The number of nitrogens with zero attached hydrogens (tertiary/aromatic N) is 1. The van der Waals surface area contributed by atoms with Gasteiger partial charge in [0.1, 0.15) is 6.29 Å². The maximum atomic E-state index is 9.94. The zero-order valence-corrected chi connectivity index (χ0v) is 6.17. The molecule has 0 atom stereocenters. The predicted octanol–water partition coefficient (Wildman–Crippen LogP) is 1.37. The van der Waals surface area contributed by atoms with E-state index in [0.717, 1.165) is 11.2 Å². The monoisotopic (exact) mass is 153 g/mol. The van der Waals surface area contributed by atoms with Crippen molar-refractivity contribution in [3.05, 3.63) is 24.5 Å². The highest BCUT2D eigenvalue weighted by Crippen LogP contribution is 2.13. The molecule has 0 aliphatic heterocycles. The van der Waals surface area contributed by atoms with Crippen molar-refractivity contribution in [2.75, 3.05) is 5.75 Å². The molecule has 1 heterocycles. The minimum absolute atomic E-state index is 0.506. The van der Waals surface area contributed by atoms with E-state index in [1.54, 1.807) is 12.4 Å². The summed E-state index contributed by atoms with van der Waals surface area (Å²) in [5, 5.41) is 0. The van der Waals surface area contributed by atoms with E-state index in [2.05, 4.69) is 4.98 Å². The number of hydrogen-bond donors (Lipinski definition) is 0. The van der Waals surface area contributed by atoms with Crippen LogP contribution in [-0.4, -0.2) is 17.0 Å². The Hall–Kier alpha value is -0.830. The molecule has 3 heteroatoms. The van der Waals surface area contributed by atoms with Gasteiger partial charge < -0.3 is 4.79 Å². The number of pyridine rings is 1. The molecule has 0 saturated heterocycles. The highest BCUT2D eigenvalue weighted by atomic mass is 32.2. The van der Waals surface area contributed by atoms with Gasteiger partial charge in [0.2, 0.25) is 0 Å². The molecule has 0 amide bonds. The SMILES string of the molecule is O=CCSc1cccnc1. The van der Waals surface area contributed by atoms with E-state index in [4.69, 9.17) is 0 Å². The molecule has 0 aliphatic carbocycles. The first-order valence-corrected chi connectivity index (χ1v) is 3.88. The molecule has 1 aromatic rings. The van der Waals surface area contributed by atoms with Crippen molar-refractivity contribution in [2.24, 2.45) is 0 Å². The molecule has 0 N–H and O–H groups in total. The van der Waals surface area contributed by atoms with Crippen LogP contribution in [0.2, 0.25) is 0 Å². The largest absolute Gasteiger partial charge is 0.302 e. The summed E-state index contributed by atoms with van der Waals surface area (Å²) in [6.07, 6.45) is 4.34. The second-order valence-electron chi connectivity index (χ2n) is 1.67. The Labute approximate surface area is 63.7 Å². The number of thioether (sulfide) groups is 1. The number of aromatic nitrogens is 1. The van der Waals surface area contributed by atoms with Crippen LogP contribution in [0.25, 0.3) is 0 Å². The van der Waals surface area contributed by atoms with Gasteiger partial charge >= 0.3 is 0 Å². The van der Waals surface area contributed by atoms with Crippen LogP contribution >= 0.6 is 11.8 Å². The topological polar surface area (TPSA) is 30.0 Å². The molecule has 52 valence electrons. The normalized spacial score (nSPS) is 9.20. The van der Waals surface area contributed by atoms with E-state index in [0.29, 0.717) is 5.75 Å². The van der Waals surface area contributed by atoms with Crippen LogP contribution in [-0.2, 0) is 4.79 Å². The molecule has 0 radical (unpaired) electrons. The van der Waals surface area contributed by atoms with E-state index in [9.17, 15) is 4.79 Å². The number of carbonyl (C=O) groups is 1. The van der Waals surface area contributed by atoms with Crippen molar-refractivity contribution in [3.8, 4) is 0 Å². The lowest BCUT2D eigenvalue weighted by Gasteiger charge is -1.92. The minimum Gasteiger partial charge on any atom is -0.302 e. The van der Waals surface area contributed by atoms with Gasteiger partial charge in [-0.1, -0.05) is 0 Å². The van der Waals surface area contributed by atoms with Crippen LogP contribution in [0.1, 0.15) is 0 Å². The Kier molecular flexibility index (Phi) is 2.96. The Morgan fingerprint density at radius 3 is 3.20 bits per heavy atom. The van der Waals surface area contributed by atoms with Crippen LogP contribution in [0.4, 0.5) is 0 Å². The molecule has 0 saturated carbocycles. The van der Waals surface area contributed by atoms with Crippen molar-refractivity contribution >= 4 is 18.0 Å². The molecular formula is C7H7NOS. The second-order valence-corrected chi connectivity index (χ2v) is 2.76. The number of hydrogen-bond acceptors (Lipinski definition) is 3. The van der Waals surface area contributed by atoms with Gasteiger partial charge in [-0.15, -0.1) is 11.8 Å². The van der Waals surface area contributed by atoms with E-state index in [1.165, 1.54) is 11.8 Å². The lowest BCUT2D eigenvalue weighted by atomic mass is 10.5. The molecule has 0 aliphatic rings. The third-order valence-electron chi connectivity index (χ3n) is 0.952. The Morgan fingerprint density at radius 1 is 1.70 bits per heavy atom. The van der Waals surface area contributed by atoms with Crippen molar-refractivity contribution < 1.29 is 4.79 Å². The molecule has 0 aromatic carbocycles. The van der Waals surface area contributed by atoms with Gasteiger partial charge in [0, 0.05) is 17.3 Å². The molecule has 10 heavy (non-hydrogen) atoms. The maximum Gasteiger partial charge on any atom is 0.130 e. The zero-order chi connectivity index (χ0) is 7.23. The van der Waals surface area contributed by atoms with E-state index >= 15 is 0 Å². The fourth-order valence-corrected chi connectivity index (χ4v) is 1.13. The molecule has 0 fully saturated rings. The average molecular weight is 153 g/mol. The van der Waals surface area contributed by atoms with E-state index in [-0.39, 0.29) is 0 Å². The minimum atomic E-state index is 0.506. The number of rotatable bonds is 3. The molecule has 0 unspecified atom stereocenters. The highest BCUT2D eigenvalue weighted by Gasteiger charge is 1.88. The third kappa shape index (κ3) is 2.19. The summed E-state index contributed by atoms with van der Waals surface area (Å²) in [5.74, 6) is 0.506. The van der Waals surface area contributed by atoms with Gasteiger partial charge in [0.05, 0.1) is 5.75 Å². The first kappa shape index (κ1) is 7.28. The van der Waals surface area contributed by atoms with Crippen molar-refractivity contribution in [3.63, 3.8) is 0 Å². The van der Waals surface area contributed by atoms with Gasteiger partial charge in [-0.05, 0) is 12.1 Å². The molecule has 0 bridgehead atoms. The summed E-state index contributed by atoms with van der Waals surface area (Å²) >= 11 is 1.49. The highest BCUT2D eigenvalue weighted by molar-refractivity contribution is 7.99. The van der Waals surface area contributed by atoms with Gasteiger partial charge in [-0.25, -0.2) is 0 Å². The maximum absolute atomic E-state index is 9.94. The van der Waals surface area contributed by atoms with Crippen LogP contribution in [0, 0.1) is 0 Å². The lowest BCUT2D eigenvalue weighted by molar-refractivity contribution is -0.105. The van der Waals surface area contributed by atoms with Gasteiger partial charge in [-0.3, -0.25) is 4.98 Å². The Bertz CT molecular complexity index is 200. The standard InChI is InChI=1S/C7H7NOS/c9-4-5-10-7-2-1-3-8-6-7/h1-4,6H,5H2. The summed E-state index contributed by atoms with van der Waals surface area (Å²) in [5.41, 5.74) is 0. The third-order valence-corrected chi connectivity index (χ3v) is 1.83. The van der Waals surface area contributed by atoms with Crippen LogP contribution in [0.15, 0.2) is 29.4 Å². The lowest BCUT2D eigenvalue weighted by Crippen LogP contribution is -1.78. The van der Waals surface area contributed by atoms with E-state index < -0.39 is 0 Å². The molecule has 0 spiro atoms. The summed E-state index contributed by atoms with van der Waals surface area (Å²) < 4.78 is 0. The Balaban J connectivity index is 2.50. The summed E-state index contributed by atoms with van der Waals surface area (Å²) in [6.45, 7) is 0. The summed E-state index contributed by atoms with van der Waals surface area (Å²) in [7, 11) is 0. The van der Waals surface area contributed by atoms with E-state index in [1.807, 2.05) is 12.1 Å². The van der Waals surface area contributed by atoms with Crippen molar-refractivity contribution in [1.29, 1.82) is 0 Å². The molecule has 1 aromatic heterocycles. The van der Waals surface area contributed by atoms with Gasteiger partial charge in [-0.2, -0.15) is 0 Å². The van der Waals surface area contributed by atoms with Crippen LogP contribution < -0.4 is 0 Å². The van der Waals surface area contributed by atoms with Gasteiger partial charge in [0.25, 0.3) is 0 Å². The number of carbonyl (C=O) groups excluding carboxylic acids is 1. The Morgan fingerprint density at radius 2 is 2.60 bits per heavy atom.